The van der Waals surface area contributed by atoms with Gasteiger partial charge >= 0.3 is 0 Å². The van der Waals surface area contributed by atoms with Crippen molar-refractivity contribution in [1.82, 2.24) is 15.1 Å². The van der Waals surface area contributed by atoms with Gasteiger partial charge in [-0.25, -0.2) is 4.39 Å². The quantitative estimate of drug-likeness (QED) is 0.597. The molecule has 0 aromatic heterocycles. The molecule has 2 aliphatic rings. The number of thioether (sulfide) groups is 1. The monoisotopic (exact) mass is 469 g/mol. The predicted octanol–water partition coefficient (Wildman–Crippen LogP) is 3.86. The maximum atomic E-state index is 13.4. The fraction of sp³-hybridized carbons (Fsp3) is 0.462. The van der Waals surface area contributed by atoms with Crippen molar-refractivity contribution in [2.75, 3.05) is 32.4 Å². The SMILES string of the molecule is CSc1ccc(C[C@@]2(CCC(=O)N3CCN(Cc4cccc(F)c4)CC3)CCC(=O)N2)cc1. The number of amides is 2. The molecule has 5 nitrogen and oxygen atoms in total. The summed E-state index contributed by atoms with van der Waals surface area (Å²) >= 11 is 1.71. The van der Waals surface area contributed by atoms with Crippen LogP contribution in [0.3, 0.4) is 0 Å². The summed E-state index contributed by atoms with van der Waals surface area (Å²) in [5.74, 6) is 0.0160. The second-order valence-corrected chi connectivity index (χ2v) is 10.0. The summed E-state index contributed by atoms with van der Waals surface area (Å²) in [6.07, 6.45) is 5.20. The molecule has 1 N–H and O–H groups in total. The molecule has 0 aliphatic carbocycles. The fourth-order valence-corrected chi connectivity index (χ4v) is 5.28. The number of nitrogens with one attached hydrogen (secondary N) is 1. The van der Waals surface area contributed by atoms with Gasteiger partial charge in [0.05, 0.1) is 0 Å². The van der Waals surface area contributed by atoms with E-state index in [1.807, 2.05) is 11.0 Å². The predicted molar refractivity (Wildman–Crippen MR) is 130 cm³/mol. The lowest BCUT2D eigenvalue weighted by atomic mass is 9.85. The minimum Gasteiger partial charge on any atom is -0.350 e. The number of halogens is 1. The van der Waals surface area contributed by atoms with Crippen molar-refractivity contribution in [2.45, 2.75) is 49.1 Å². The Hall–Kier alpha value is -2.38. The van der Waals surface area contributed by atoms with Gasteiger partial charge in [0.1, 0.15) is 5.82 Å². The van der Waals surface area contributed by atoms with Crippen molar-refractivity contribution in [2.24, 2.45) is 0 Å². The lowest BCUT2D eigenvalue weighted by Gasteiger charge is -2.36. The molecular weight excluding hydrogens is 437 g/mol. The summed E-state index contributed by atoms with van der Waals surface area (Å²) in [6, 6.07) is 15.2. The van der Waals surface area contributed by atoms with Gasteiger partial charge in [-0.1, -0.05) is 24.3 Å². The number of benzene rings is 2. The molecule has 2 aliphatic heterocycles. The van der Waals surface area contributed by atoms with E-state index in [1.165, 1.54) is 16.5 Å². The molecule has 0 unspecified atom stereocenters. The number of hydrogen-bond acceptors (Lipinski definition) is 4. The molecule has 0 saturated carbocycles. The average Bonchev–Trinajstić information content (AvgIpc) is 3.19. The van der Waals surface area contributed by atoms with Gasteiger partial charge in [-0.05, 0) is 60.9 Å². The van der Waals surface area contributed by atoms with Crippen LogP contribution in [-0.2, 0) is 22.6 Å². The Morgan fingerprint density at radius 3 is 2.48 bits per heavy atom. The molecule has 1 atom stereocenters. The second-order valence-electron chi connectivity index (χ2n) is 9.14. The van der Waals surface area contributed by atoms with Crippen LogP contribution < -0.4 is 5.32 Å². The summed E-state index contributed by atoms with van der Waals surface area (Å²) in [7, 11) is 0. The average molecular weight is 470 g/mol. The molecule has 4 rings (SSSR count). The fourth-order valence-electron chi connectivity index (χ4n) is 4.87. The third kappa shape index (κ3) is 6.36. The number of carbonyl (C=O) groups excluding carboxylic acids is 2. The minimum atomic E-state index is -0.340. The van der Waals surface area contributed by atoms with E-state index in [4.69, 9.17) is 0 Å². The molecule has 2 aromatic rings. The van der Waals surface area contributed by atoms with Gasteiger partial charge < -0.3 is 10.2 Å². The number of nitrogens with zero attached hydrogens (tertiary/aromatic N) is 2. The lowest BCUT2D eigenvalue weighted by Crippen LogP contribution is -2.49. The molecule has 33 heavy (non-hydrogen) atoms. The summed E-state index contributed by atoms with van der Waals surface area (Å²) in [6.45, 7) is 3.63. The van der Waals surface area contributed by atoms with Crippen molar-refractivity contribution in [3.05, 3.63) is 65.5 Å². The van der Waals surface area contributed by atoms with Crippen molar-refractivity contribution < 1.29 is 14.0 Å². The molecule has 0 radical (unpaired) electrons. The van der Waals surface area contributed by atoms with Gasteiger partial charge in [-0.15, -0.1) is 11.8 Å². The zero-order valence-corrected chi connectivity index (χ0v) is 20.0. The maximum Gasteiger partial charge on any atom is 0.222 e. The van der Waals surface area contributed by atoms with Crippen LogP contribution in [-0.4, -0.2) is 59.6 Å². The summed E-state index contributed by atoms with van der Waals surface area (Å²) in [5.41, 5.74) is 1.81. The number of piperazine rings is 1. The van der Waals surface area contributed by atoms with Crippen molar-refractivity contribution >= 4 is 23.6 Å². The summed E-state index contributed by atoms with van der Waals surface area (Å²) < 4.78 is 13.4. The van der Waals surface area contributed by atoms with Crippen LogP contribution in [0.5, 0.6) is 0 Å². The van der Waals surface area contributed by atoms with E-state index < -0.39 is 0 Å². The largest absolute Gasteiger partial charge is 0.350 e. The molecule has 2 heterocycles. The number of hydrogen-bond donors (Lipinski definition) is 1. The van der Waals surface area contributed by atoms with Crippen molar-refractivity contribution in [3.8, 4) is 0 Å². The van der Waals surface area contributed by atoms with Gasteiger partial charge in [-0.2, -0.15) is 0 Å². The van der Waals surface area contributed by atoms with Gasteiger partial charge in [0.15, 0.2) is 0 Å². The normalized spacial score (nSPS) is 21.3. The number of carbonyl (C=O) groups is 2. The molecule has 0 bridgehead atoms. The highest BCUT2D eigenvalue weighted by Gasteiger charge is 2.38. The Bertz CT molecular complexity index is 976. The molecule has 7 heteroatoms. The van der Waals surface area contributed by atoms with Gasteiger partial charge in [0.2, 0.25) is 11.8 Å². The van der Waals surface area contributed by atoms with E-state index in [0.29, 0.717) is 38.9 Å². The number of rotatable bonds is 8. The van der Waals surface area contributed by atoms with E-state index in [1.54, 1.807) is 23.9 Å². The third-order valence-electron chi connectivity index (χ3n) is 6.77. The first-order valence-corrected chi connectivity index (χ1v) is 12.9. The Balaban J connectivity index is 1.29. The highest BCUT2D eigenvalue weighted by atomic mass is 32.2. The second kappa shape index (κ2) is 10.7. The molecule has 0 spiro atoms. The molecule has 2 fully saturated rings. The molecular formula is C26H32FN3O2S. The first-order chi connectivity index (χ1) is 15.9. The molecule has 176 valence electrons. The van der Waals surface area contributed by atoms with Gasteiger partial charge in [0, 0.05) is 56.0 Å². The highest BCUT2D eigenvalue weighted by molar-refractivity contribution is 7.98. The van der Waals surface area contributed by atoms with E-state index in [0.717, 1.165) is 31.5 Å². The van der Waals surface area contributed by atoms with Crippen LogP contribution in [0.15, 0.2) is 53.4 Å². The lowest BCUT2D eigenvalue weighted by molar-refractivity contribution is -0.133. The zero-order chi connectivity index (χ0) is 23.3. The van der Waals surface area contributed by atoms with Crippen LogP contribution in [0, 0.1) is 5.82 Å². The molecule has 2 aromatic carbocycles. The summed E-state index contributed by atoms with van der Waals surface area (Å²) in [4.78, 5) is 30.4. The van der Waals surface area contributed by atoms with Crippen LogP contribution >= 0.6 is 11.8 Å². The highest BCUT2D eigenvalue weighted by Crippen LogP contribution is 2.30. The smallest absolute Gasteiger partial charge is 0.222 e. The van der Waals surface area contributed by atoms with Crippen LogP contribution in [0.1, 0.15) is 36.8 Å². The first kappa shape index (κ1) is 23.8. The Morgan fingerprint density at radius 2 is 1.85 bits per heavy atom. The standard InChI is InChI=1S/C26H32FN3O2S/c1-33-23-7-5-20(6-8-23)18-26(11-9-24(31)28-26)12-10-25(32)30-15-13-29(14-16-30)19-21-3-2-4-22(27)17-21/h2-8,17H,9-16,18-19H2,1H3,(H,28,31)/t26-/m0/s1. The Labute approximate surface area is 199 Å². The van der Waals surface area contributed by atoms with Gasteiger partial charge in [0.25, 0.3) is 0 Å². The van der Waals surface area contributed by atoms with Gasteiger partial charge in [-0.3, -0.25) is 14.5 Å². The Morgan fingerprint density at radius 1 is 1.09 bits per heavy atom. The molecule has 2 saturated heterocycles. The zero-order valence-electron chi connectivity index (χ0n) is 19.2. The van der Waals surface area contributed by atoms with Crippen LogP contribution in [0.25, 0.3) is 0 Å². The molecule has 2 amide bonds. The topological polar surface area (TPSA) is 52.7 Å². The van der Waals surface area contributed by atoms with E-state index in [9.17, 15) is 14.0 Å². The van der Waals surface area contributed by atoms with E-state index >= 15 is 0 Å². The summed E-state index contributed by atoms with van der Waals surface area (Å²) in [5, 5.41) is 3.19. The van der Waals surface area contributed by atoms with Crippen molar-refractivity contribution in [3.63, 3.8) is 0 Å². The van der Waals surface area contributed by atoms with E-state index in [2.05, 4.69) is 40.7 Å². The first-order valence-electron chi connectivity index (χ1n) is 11.6. The van der Waals surface area contributed by atoms with Crippen LogP contribution in [0.2, 0.25) is 0 Å². The van der Waals surface area contributed by atoms with Crippen LogP contribution in [0.4, 0.5) is 4.39 Å². The van der Waals surface area contributed by atoms with E-state index in [-0.39, 0.29) is 23.2 Å². The van der Waals surface area contributed by atoms with Crippen molar-refractivity contribution in [1.29, 1.82) is 0 Å². The third-order valence-corrected chi connectivity index (χ3v) is 7.52. The maximum absolute atomic E-state index is 13.4. The Kier molecular flexibility index (Phi) is 7.71. The minimum absolute atomic E-state index is 0.0779.